The molecule has 4 nitrogen and oxygen atoms in total. The van der Waals surface area contributed by atoms with Crippen LogP contribution in [0.4, 0.5) is 5.69 Å². The van der Waals surface area contributed by atoms with E-state index in [9.17, 15) is 14.7 Å². The Balaban J connectivity index is 1.99. The van der Waals surface area contributed by atoms with Gasteiger partial charge in [-0.2, -0.15) is 0 Å². The van der Waals surface area contributed by atoms with Crippen LogP contribution in [-0.2, 0) is 9.59 Å². The van der Waals surface area contributed by atoms with Crippen LogP contribution in [0.25, 0.3) is 5.76 Å². The van der Waals surface area contributed by atoms with Crippen LogP contribution in [0.5, 0.6) is 0 Å². The number of hydrogen-bond donors (Lipinski definition) is 1. The lowest BCUT2D eigenvalue weighted by Gasteiger charge is -2.26. The van der Waals surface area contributed by atoms with E-state index in [0.29, 0.717) is 26.9 Å². The number of aliphatic hydroxyl groups excluding tert-OH is 1. The number of anilines is 1. The molecule has 1 aliphatic heterocycles. The summed E-state index contributed by atoms with van der Waals surface area (Å²) in [6.45, 7) is 0. The molecule has 0 unspecified atom stereocenters. The molecule has 1 N–H and O–H groups in total. The number of ketones is 1. The molecule has 1 heterocycles. The van der Waals surface area contributed by atoms with Crippen molar-refractivity contribution < 1.29 is 14.7 Å². The summed E-state index contributed by atoms with van der Waals surface area (Å²) in [5.74, 6) is -1.79. The Labute approximate surface area is 177 Å². The number of halogens is 2. The van der Waals surface area contributed by atoms with Gasteiger partial charge >= 0.3 is 0 Å². The standard InChI is InChI=1S/C23H15Cl2NO3/c24-15-9-6-10-16(13-15)26-20(17-11-4-5-12-18(17)25)19(22(28)23(26)29)21(27)14-7-2-1-3-8-14/h1-13,20,27H/t20-/m0/s1. The molecule has 1 amide bonds. The summed E-state index contributed by atoms with van der Waals surface area (Å²) in [5, 5.41) is 11.8. The topological polar surface area (TPSA) is 57.6 Å². The van der Waals surface area contributed by atoms with Crippen molar-refractivity contribution in [3.05, 3.63) is 106 Å². The first kappa shape index (κ1) is 19.2. The van der Waals surface area contributed by atoms with Crippen molar-refractivity contribution in [1.29, 1.82) is 0 Å². The van der Waals surface area contributed by atoms with Gasteiger partial charge in [0, 0.05) is 21.3 Å². The highest BCUT2D eigenvalue weighted by Gasteiger charge is 2.47. The third-order valence-electron chi connectivity index (χ3n) is 4.78. The van der Waals surface area contributed by atoms with E-state index in [4.69, 9.17) is 23.2 Å². The predicted molar refractivity (Wildman–Crippen MR) is 114 cm³/mol. The Morgan fingerprint density at radius 2 is 1.55 bits per heavy atom. The molecule has 1 fully saturated rings. The number of Topliss-reactive ketones (excluding diaryl/α,β-unsaturated/α-hetero) is 1. The van der Waals surface area contributed by atoms with E-state index in [1.54, 1.807) is 78.9 Å². The average molecular weight is 424 g/mol. The number of rotatable bonds is 3. The number of aliphatic hydroxyl groups is 1. The molecule has 29 heavy (non-hydrogen) atoms. The van der Waals surface area contributed by atoms with Gasteiger partial charge in [-0.15, -0.1) is 0 Å². The molecular formula is C23H15Cl2NO3. The first-order chi connectivity index (χ1) is 14.0. The van der Waals surface area contributed by atoms with E-state index in [2.05, 4.69) is 0 Å². The van der Waals surface area contributed by atoms with Crippen molar-refractivity contribution in [2.45, 2.75) is 6.04 Å². The zero-order chi connectivity index (χ0) is 20.5. The minimum atomic E-state index is -0.887. The summed E-state index contributed by atoms with van der Waals surface area (Å²) in [6, 6.07) is 21.3. The summed E-state index contributed by atoms with van der Waals surface area (Å²) in [7, 11) is 0. The maximum Gasteiger partial charge on any atom is 0.300 e. The number of benzene rings is 3. The highest BCUT2D eigenvalue weighted by Crippen LogP contribution is 2.44. The summed E-state index contributed by atoms with van der Waals surface area (Å²) >= 11 is 12.5. The highest BCUT2D eigenvalue weighted by atomic mass is 35.5. The van der Waals surface area contributed by atoms with E-state index >= 15 is 0 Å². The molecule has 0 aliphatic carbocycles. The normalized spacial score (nSPS) is 18.3. The maximum absolute atomic E-state index is 13.0. The van der Waals surface area contributed by atoms with Crippen molar-refractivity contribution >= 4 is 46.3 Å². The second kappa shape index (κ2) is 7.74. The number of hydrogen-bond acceptors (Lipinski definition) is 3. The van der Waals surface area contributed by atoms with Crippen LogP contribution in [0.3, 0.4) is 0 Å². The minimum Gasteiger partial charge on any atom is -0.507 e. The lowest BCUT2D eigenvalue weighted by atomic mass is 9.95. The van der Waals surface area contributed by atoms with E-state index in [0.717, 1.165) is 0 Å². The van der Waals surface area contributed by atoms with Gasteiger partial charge in [-0.25, -0.2) is 0 Å². The Hall–Kier alpha value is -3.08. The maximum atomic E-state index is 13.0. The Morgan fingerprint density at radius 1 is 0.862 bits per heavy atom. The first-order valence-corrected chi connectivity index (χ1v) is 9.61. The van der Waals surface area contributed by atoms with E-state index in [-0.39, 0.29) is 11.3 Å². The molecule has 0 spiro atoms. The van der Waals surface area contributed by atoms with Crippen molar-refractivity contribution in [2.24, 2.45) is 0 Å². The molecular weight excluding hydrogens is 409 g/mol. The van der Waals surface area contributed by atoms with Crippen LogP contribution in [0.2, 0.25) is 10.0 Å². The van der Waals surface area contributed by atoms with Crippen LogP contribution in [0, 0.1) is 0 Å². The summed E-state index contributed by atoms with van der Waals surface area (Å²) < 4.78 is 0. The van der Waals surface area contributed by atoms with Crippen LogP contribution in [-0.4, -0.2) is 16.8 Å². The van der Waals surface area contributed by atoms with E-state index < -0.39 is 17.7 Å². The van der Waals surface area contributed by atoms with Crippen molar-refractivity contribution in [2.75, 3.05) is 4.90 Å². The SMILES string of the molecule is O=C1C(=O)N(c2cccc(Cl)c2)[C@@H](c2ccccc2Cl)C1=C(O)c1ccccc1. The van der Waals surface area contributed by atoms with Crippen LogP contribution in [0.15, 0.2) is 84.4 Å². The van der Waals surface area contributed by atoms with E-state index in [1.807, 2.05) is 0 Å². The zero-order valence-electron chi connectivity index (χ0n) is 15.0. The van der Waals surface area contributed by atoms with Crippen LogP contribution in [0.1, 0.15) is 17.2 Å². The fourth-order valence-electron chi connectivity index (χ4n) is 3.47. The van der Waals surface area contributed by atoms with Gasteiger partial charge in [0.2, 0.25) is 0 Å². The third-order valence-corrected chi connectivity index (χ3v) is 5.36. The van der Waals surface area contributed by atoms with Crippen molar-refractivity contribution in [3.8, 4) is 0 Å². The second-order valence-electron chi connectivity index (χ2n) is 6.54. The van der Waals surface area contributed by atoms with Gasteiger partial charge in [0.1, 0.15) is 5.76 Å². The van der Waals surface area contributed by atoms with Gasteiger partial charge in [0.25, 0.3) is 11.7 Å². The molecule has 4 rings (SSSR count). The average Bonchev–Trinajstić information content (AvgIpc) is 2.99. The molecule has 3 aromatic rings. The summed E-state index contributed by atoms with van der Waals surface area (Å²) in [5.41, 5.74) is 1.39. The van der Waals surface area contributed by atoms with Gasteiger partial charge in [-0.1, -0.05) is 77.8 Å². The molecule has 0 aromatic heterocycles. The minimum absolute atomic E-state index is 0.0192. The Morgan fingerprint density at radius 3 is 2.24 bits per heavy atom. The fraction of sp³-hybridized carbons (Fsp3) is 0.0435. The summed E-state index contributed by atoms with van der Waals surface area (Å²) in [4.78, 5) is 27.3. The summed E-state index contributed by atoms with van der Waals surface area (Å²) in [6.07, 6.45) is 0. The monoisotopic (exact) mass is 423 g/mol. The number of amides is 1. The van der Waals surface area contributed by atoms with Gasteiger partial charge in [-0.05, 0) is 29.8 Å². The Bertz CT molecular complexity index is 1140. The quantitative estimate of drug-likeness (QED) is 0.337. The zero-order valence-corrected chi connectivity index (χ0v) is 16.6. The van der Waals surface area contributed by atoms with Gasteiger partial charge in [0.05, 0.1) is 11.6 Å². The predicted octanol–water partition coefficient (Wildman–Crippen LogP) is 5.62. The fourth-order valence-corrected chi connectivity index (χ4v) is 3.89. The molecule has 0 radical (unpaired) electrons. The largest absolute Gasteiger partial charge is 0.507 e. The van der Waals surface area contributed by atoms with Crippen LogP contribution < -0.4 is 4.90 Å². The molecule has 0 saturated carbocycles. The number of carbonyl (C=O) groups is 2. The molecule has 0 bridgehead atoms. The van der Waals surface area contributed by atoms with Gasteiger partial charge in [0.15, 0.2) is 0 Å². The lowest BCUT2D eigenvalue weighted by molar-refractivity contribution is -0.132. The van der Waals surface area contributed by atoms with Crippen LogP contribution >= 0.6 is 23.2 Å². The molecule has 6 heteroatoms. The lowest BCUT2D eigenvalue weighted by Crippen LogP contribution is -2.29. The molecule has 1 atom stereocenters. The van der Waals surface area contributed by atoms with Crippen molar-refractivity contribution in [1.82, 2.24) is 0 Å². The van der Waals surface area contributed by atoms with Crippen molar-refractivity contribution in [3.63, 3.8) is 0 Å². The second-order valence-corrected chi connectivity index (χ2v) is 7.38. The number of nitrogens with zero attached hydrogens (tertiary/aromatic N) is 1. The molecule has 1 saturated heterocycles. The van der Waals surface area contributed by atoms with E-state index in [1.165, 1.54) is 4.90 Å². The first-order valence-electron chi connectivity index (χ1n) is 8.85. The molecule has 3 aromatic carbocycles. The highest BCUT2D eigenvalue weighted by molar-refractivity contribution is 6.52. The molecule has 1 aliphatic rings. The smallest absolute Gasteiger partial charge is 0.300 e. The molecule has 144 valence electrons. The Kier molecular flexibility index (Phi) is 5.14. The van der Waals surface area contributed by atoms with Gasteiger partial charge < -0.3 is 5.11 Å². The third kappa shape index (κ3) is 3.41. The van der Waals surface area contributed by atoms with Gasteiger partial charge in [-0.3, -0.25) is 14.5 Å². The number of carbonyl (C=O) groups excluding carboxylic acids is 2.